The average molecular weight is 458 g/mol. The van der Waals surface area contributed by atoms with E-state index in [1.807, 2.05) is 58.0 Å². The van der Waals surface area contributed by atoms with Gasteiger partial charge in [0.2, 0.25) is 5.78 Å². The van der Waals surface area contributed by atoms with Crippen LogP contribution < -0.4 is 11.1 Å². The van der Waals surface area contributed by atoms with Crippen molar-refractivity contribution in [3.63, 3.8) is 0 Å². The third kappa shape index (κ3) is 6.41. The zero-order valence-electron chi connectivity index (χ0n) is 20.3. The average Bonchev–Trinajstić information content (AvgIpc) is 3.13. The molecule has 2 amide bonds. The first-order chi connectivity index (χ1) is 15.7. The molecule has 0 radical (unpaired) electrons. The van der Waals surface area contributed by atoms with Crippen LogP contribution in [0.1, 0.15) is 69.6 Å². The number of benzene rings is 1. The Morgan fingerprint density at radius 1 is 1.06 bits per heavy atom. The van der Waals surface area contributed by atoms with Gasteiger partial charge >= 0.3 is 11.8 Å². The SMILES string of the molecule is CC(C)CC(NC(=O)[N+]1(Cc2ccccc2)CCCCC1)C(=O)c1nn(CC(C)C)c(=O)o1. The van der Waals surface area contributed by atoms with Crippen molar-refractivity contribution >= 4 is 11.8 Å². The van der Waals surface area contributed by atoms with E-state index in [-0.39, 0.29) is 28.2 Å². The second-order valence-corrected chi connectivity index (χ2v) is 10.0. The molecule has 8 nitrogen and oxygen atoms in total. The van der Waals surface area contributed by atoms with Gasteiger partial charge in [-0.1, -0.05) is 58.0 Å². The van der Waals surface area contributed by atoms with E-state index in [1.54, 1.807) is 0 Å². The summed E-state index contributed by atoms with van der Waals surface area (Å²) in [5, 5.41) is 7.13. The van der Waals surface area contributed by atoms with Crippen molar-refractivity contribution in [2.75, 3.05) is 13.1 Å². The second kappa shape index (κ2) is 10.9. The number of nitrogens with one attached hydrogen (secondary N) is 1. The predicted molar refractivity (Wildman–Crippen MR) is 126 cm³/mol. The molecule has 0 bridgehead atoms. The lowest BCUT2D eigenvalue weighted by Crippen LogP contribution is -2.61. The summed E-state index contributed by atoms with van der Waals surface area (Å²) in [6.07, 6.45) is 3.49. The Morgan fingerprint density at radius 3 is 2.33 bits per heavy atom. The summed E-state index contributed by atoms with van der Waals surface area (Å²) in [4.78, 5) is 39.1. The monoisotopic (exact) mass is 457 g/mol. The standard InChI is InChI=1S/C25H36N4O4/c1-18(2)15-21(22(30)23-27-28(16-19(3)4)25(32)33-23)26-24(31)29(13-9-6-10-14-29)17-20-11-7-5-8-12-20/h5,7-8,11-12,18-19,21H,6,9-10,13-17H2,1-4H3/p+1. The van der Waals surface area contributed by atoms with E-state index < -0.39 is 17.6 Å². The molecule has 180 valence electrons. The maximum absolute atomic E-state index is 13.7. The Kier molecular flexibility index (Phi) is 8.24. The van der Waals surface area contributed by atoms with Crippen molar-refractivity contribution in [1.82, 2.24) is 15.1 Å². The highest BCUT2D eigenvalue weighted by Crippen LogP contribution is 2.24. The molecule has 1 fully saturated rings. The lowest BCUT2D eigenvalue weighted by atomic mass is 9.99. The number of carbonyl (C=O) groups is 2. The quantitative estimate of drug-likeness (QED) is 0.454. The summed E-state index contributed by atoms with van der Waals surface area (Å²) >= 11 is 0. The lowest BCUT2D eigenvalue weighted by Gasteiger charge is -2.39. The van der Waals surface area contributed by atoms with E-state index in [2.05, 4.69) is 10.4 Å². The minimum absolute atomic E-state index is 0.151. The van der Waals surface area contributed by atoms with Crippen molar-refractivity contribution in [3.05, 3.63) is 52.3 Å². The van der Waals surface area contributed by atoms with E-state index in [4.69, 9.17) is 4.42 Å². The minimum atomic E-state index is -0.796. The summed E-state index contributed by atoms with van der Waals surface area (Å²) in [6.45, 7) is 10.3. The van der Waals surface area contributed by atoms with Gasteiger partial charge in [0.05, 0.1) is 19.6 Å². The number of urea groups is 1. The van der Waals surface area contributed by atoms with Gasteiger partial charge in [-0.3, -0.25) is 10.1 Å². The first kappa shape index (κ1) is 24.9. The molecule has 1 aliphatic rings. The van der Waals surface area contributed by atoms with Crippen molar-refractivity contribution < 1.29 is 18.5 Å². The van der Waals surface area contributed by atoms with Gasteiger partial charge in [-0.25, -0.2) is 14.1 Å². The van der Waals surface area contributed by atoms with Gasteiger partial charge in [0.25, 0.3) is 5.89 Å². The fourth-order valence-corrected chi connectivity index (χ4v) is 4.49. The summed E-state index contributed by atoms with van der Waals surface area (Å²) in [5.74, 6) is -0.993. The first-order valence-corrected chi connectivity index (χ1v) is 12.0. The van der Waals surface area contributed by atoms with Gasteiger partial charge in [0.1, 0.15) is 12.6 Å². The molecule has 1 aromatic heterocycles. The molecular formula is C25H37N4O4+. The van der Waals surface area contributed by atoms with Gasteiger partial charge in [0.15, 0.2) is 0 Å². The molecule has 2 heterocycles. The molecular weight excluding hydrogens is 420 g/mol. The molecule has 1 saturated heterocycles. The molecule has 1 N–H and O–H groups in total. The van der Waals surface area contributed by atoms with Crippen LogP contribution in [0.3, 0.4) is 0 Å². The van der Waals surface area contributed by atoms with Crippen molar-refractivity contribution in [2.45, 2.75) is 72.5 Å². The Hall–Kier alpha value is -2.74. The zero-order chi connectivity index (χ0) is 24.0. The highest BCUT2D eigenvalue weighted by Gasteiger charge is 2.41. The number of piperidine rings is 1. The van der Waals surface area contributed by atoms with Gasteiger partial charge in [-0.05, 0) is 37.5 Å². The van der Waals surface area contributed by atoms with E-state index in [1.165, 1.54) is 4.68 Å². The summed E-state index contributed by atoms with van der Waals surface area (Å²) < 4.78 is 6.63. The fourth-order valence-electron chi connectivity index (χ4n) is 4.49. The normalized spacial score (nSPS) is 16.7. The number of ketones is 1. The molecule has 1 aliphatic heterocycles. The number of likely N-dealkylation sites (tertiary alicyclic amines) is 1. The number of hydrogen-bond donors (Lipinski definition) is 1. The van der Waals surface area contributed by atoms with Crippen molar-refractivity contribution in [3.8, 4) is 0 Å². The molecule has 1 unspecified atom stereocenters. The first-order valence-electron chi connectivity index (χ1n) is 12.0. The molecule has 2 aromatic rings. The van der Waals surface area contributed by atoms with E-state index in [9.17, 15) is 14.4 Å². The summed E-state index contributed by atoms with van der Waals surface area (Å²) in [7, 11) is 0. The van der Waals surface area contributed by atoms with Crippen LogP contribution in [0, 0.1) is 11.8 Å². The molecule has 0 spiro atoms. The Balaban J connectivity index is 1.84. The molecule has 1 atom stereocenters. The summed E-state index contributed by atoms with van der Waals surface area (Å²) in [5.41, 5.74) is 1.10. The van der Waals surface area contributed by atoms with Crippen LogP contribution >= 0.6 is 0 Å². The predicted octanol–water partition coefficient (Wildman–Crippen LogP) is 4.00. The smallest absolute Gasteiger partial charge is 0.384 e. The van der Waals surface area contributed by atoms with E-state index in [0.29, 0.717) is 19.5 Å². The number of Topliss-reactive ketones (excluding diaryl/α,β-unsaturated/α-hetero) is 1. The number of nitrogens with zero attached hydrogens (tertiary/aromatic N) is 3. The fraction of sp³-hybridized carbons (Fsp3) is 0.600. The summed E-state index contributed by atoms with van der Waals surface area (Å²) in [6, 6.07) is 9.05. The number of quaternary nitrogens is 1. The van der Waals surface area contributed by atoms with Crippen molar-refractivity contribution in [1.29, 1.82) is 0 Å². The zero-order valence-corrected chi connectivity index (χ0v) is 20.3. The maximum atomic E-state index is 13.7. The number of rotatable bonds is 9. The molecule has 0 saturated carbocycles. The highest BCUT2D eigenvalue weighted by molar-refractivity contribution is 5.97. The van der Waals surface area contributed by atoms with Gasteiger partial charge in [-0.2, -0.15) is 4.68 Å². The third-order valence-electron chi connectivity index (χ3n) is 6.11. The molecule has 3 rings (SSSR count). The van der Waals surface area contributed by atoms with E-state index >= 15 is 0 Å². The van der Waals surface area contributed by atoms with Crippen LogP contribution in [0.2, 0.25) is 0 Å². The van der Waals surface area contributed by atoms with Crippen LogP contribution in [-0.4, -0.2) is 45.2 Å². The Bertz CT molecular complexity index is 987. The van der Waals surface area contributed by atoms with Gasteiger partial charge < -0.3 is 4.42 Å². The lowest BCUT2D eigenvalue weighted by molar-refractivity contribution is -0.869. The van der Waals surface area contributed by atoms with Gasteiger partial charge in [-0.15, -0.1) is 5.10 Å². The largest absolute Gasteiger partial charge is 0.437 e. The molecule has 0 aliphatic carbocycles. The van der Waals surface area contributed by atoms with Crippen LogP contribution in [0.25, 0.3) is 0 Å². The topological polar surface area (TPSA) is 94.2 Å². The molecule has 8 heteroatoms. The Labute approximate surface area is 195 Å². The van der Waals surface area contributed by atoms with Crippen LogP contribution in [0.5, 0.6) is 0 Å². The third-order valence-corrected chi connectivity index (χ3v) is 6.11. The van der Waals surface area contributed by atoms with Gasteiger partial charge in [0, 0.05) is 5.56 Å². The van der Waals surface area contributed by atoms with Crippen LogP contribution in [0.15, 0.2) is 39.5 Å². The number of hydrogen-bond acceptors (Lipinski definition) is 5. The second-order valence-electron chi connectivity index (χ2n) is 10.0. The number of aromatic nitrogens is 2. The minimum Gasteiger partial charge on any atom is -0.384 e. The number of carbonyl (C=O) groups excluding carboxylic acids is 2. The van der Waals surface area contributed by atoms with Crippen molar-refractivity contribution in [2.24, 2.45) is 11.8 Å². The van der Waals surface area contributed by atoms with Crippen LogP contribution in [-0.2, 0) is 13.1 Å². The molecule has 33 heavy (non-hydrogen) atoms. The van der Waals surface area contributed by atoms with E-state index in [0.717, 1.165) is 37.9 Å². The Morgan fingerprint density at radius 2 is 1.73 bits per heavy atom. The number of amides is 2. The maximum Gasteiger partial charge on any atom is 0.437 e. The van der Waals surface area contributed by atoms with Crippen LogP contribution in [0.4, 0.5) is 4.79 Å². The highest BCUT2D eigenvalue weighted by atomic mass is 16.4. The molecule has 1 aromatic carbocycles.